The van der Waals surface area contributed by atoms with Gasteiger partial charge in [-0.25, -0.2) is 5.34 Å². The lowest BCUT2D eigenvalue weighted by Crippen LogP contribution is -2.36. The molecule has 5 rings (SSSR count). The Kier molecular flexibility index (Phi) is 2.66. The van der Waals surface area contributed by atoms with Gasteiger partial charge < -0.3 is 9.94 Å². The maximum absolute atomic E-state index is 12.0. The van der Waals surface area contributed by atoms with Gasteiger partial charge >= 0.3 is 5.97 Å². The van der Waals surface area contributed by atoms with Gasteiger partial charge in [0, 0.05) is 5.92 Å². The van der Waals surface area contributed by atoms with Gasteiger partial charge in [-0.2, -0.15) is 5.53 Å². The molecule has 9 unspecified atom stereocenters. The fraction of sp³-hybridized carbons (Fsp3) is 0.933. The molecule has 4 aliphatic carbocycles. The van der Waals surface area contributed by atoms with Crippen molar-refractivity contribution in [1.82, 2.24) is 5.34 Å². The third-order valence-electron chi connectivity index (χ3n) is 7.29. The number of ether oxygens (including phenoxy) is 1. The predicted molar refractivity (Wildman–Crippen MR) is 72.6 cm³/mol. The van der Waals surface area contributed by atoms with Crippen LogP contribution in [0, 0.1) is 58.1 Å². The summed E-state index contributed by atoms with van der Waals surface area (Å²) in [6.07, 6.45) is 4.05. The highest BCUT2D eigenvalue weighted by Gasteiger charge is 2.68. The average Bonchev–Trinajstić information content (AvgIpc) is 3.21. The third kappa shape index (κ3) is 1.56. The minimum atomic E-state index is -0.118. The first kappa shape index (κ1) is 13.2. The van der Waals surface area contributed by atoms with Crippen molar-refractivity contribution in [3.05, 3.63) is 5.21 Å². The zero-order chi connectivity index (χ0) is 15.0. The molecule has 0 spiro atoms. The fourth-order valence-corrected chi connectivity index (χ4v) is 7.03. The minimum absolute atomic E-state index is 0.0314. The molecule has 120 valence electrons. The summed E-state index contributed by atoms with van der Waals surface area (Å²) in [5.41, 5.74) is 6.71. The summed E-state index contributed by atoms with van der Waals surface area (Å²) in [6.45, 7) is 0.622. The lowest BCUT2D eigenvalue weighted by atomic mass is 9.67. The number of nitrogens with one attached hydrogen (secondary N) is 1. The lowest BCUT2D eigenvalue weighted by molar-refractivity contribution is -0.187. The van der Waals surface area contributed by atoms with E-state index in [9.17, 15) is 10.0 Å². The van der Waals surface area contributed by atoms with E-state index < -0.39 is 0 Å². The number of hydrogen-bond donors (Lipinski definition) is 1. The van der Waals surface area contributed by atoms with E-state index in [-0.39, 0.29) is 23.3 Å². The number of cyclic esters (lactones) is 1. The van der Waals surface area contributed by atoms with Crippen molar-refractivity contribution >= 4 is 5.97 Å². The van der Waals surface area contributed by atoms with E-state index in [4.69, 9.17) is 15.1 Å². The van der Waals surface area contributed by atoms with Crippen molar-refractivity contribution in [2.75, 3.05) is 6.61 Å². The molecular weight excluding hydrogens is 286 g/mol. The molecule has 1 heterocycles. The molecule has 4 saturated carbocycles. The molecular formula is C15H20N3O4-. The molecule has 0 amide bonds. The Morgan fingerprint density at radius 2 is 1.86 bits per heavy atom. The molecule has 1 saturated heterocycles. The van der Waals surface area contributed by atoms with Gasteiger partial charge in [0.1, 0.15) is 0 Å². The van der Waals surface area contributed by atoms with Crippen LogP contribution in [0.2, 0.25) is 0 Å². The zero-order valence-corrected chi connectivity index (χ0v) is 12.3. The van der Waals surface area contributed by atoms with Crippen molar-refractivity contribution in [2.45, 2.75) is 31.8 Å². The number of rotatable bonds is 3. The first-order valence-corrected chi connectivity index (χ1v) is 8.35. The largest absolute Gasteiger partial charge is 0.715 e. The standard InChI is InChI=1S/C15H20N3O4/c16-17-18(20)22-8-2-6-1-7(3-8)13-10-4-9(12(6)13)11-5-21-15(19)14(10)11/h6-14,16H,1-5H2/q-1. The van der Waals surface area contributed by atoms with E-state index in [2.05, 4.69) is 5.22 Å². The average molecular weight is 306 g/mol. The van der Waals surface area contributed by atoms with E-state index in [0.29, 0.717) is 48.0 Å². The summed E-state index contributed by atoms with van der Waals surface area (Å²) >= 11 is 0. The number of hydrogen-bond acceptors (Lipinski definition) is 6. The fourth-order valence-electron chi connectivity index (χ4n) is 7.03. The van der Waals surface area contributed by atoms with Crippen LogP contribution in [0.25, 0.3) is 0 Å². The zero-order valence-electron chi connectivity index (χ0n) is 12.3. The number of nitrogens with zero attached hydrogens (tertiary/aromatic N) is 2. The summed E-state index contributed by atoms with van der Waals surface area (Å²) in [4.78, 5) is 17.3. The Hall–Kier alpha value is -1.21. The van der Waals surface area contributed by atoms with Crippen LogP contribution in [0.3, 0.4) is 0 Å². The van der Waals surface area contributed by atoms with Gasteiger partial charge in [0.2, 0.25) is 0 Å². The topological polar surface area (TPSA) is 98.0 Å². The van der Waals surface area contributed by atoms with Crippen molar-refractivity contribution in [3.8, 4) is 0 Å². The van der Waals surface area contributed by atoms with Crippen LogP contribution in [-0.4, -0.2) is 24.0 Å². The van der Waals surface area contributed by atoms with E-state index in [0.717, 1.165) is 12.8 Å². The maximum atomic E-state index is 12.0. The molecule has 0 radical (unpaired) electrons. The summed E-state index contributed by atoms with van der Waals surface area (Å²) < 4.78 is 5.33. The van der Waals surface area contributed by atoms with Crippen molar-refractivity contribution in [3.63, 3.8) is 0 Å². The van der Waals surface area contributed by atoms with Gasteiger partial charge in [0.15, 0.2) is 0 Å². The second-order valence-electron chi connectivity index (χ2n) is 7.83. The first-order chi connectivity index (χ1) is 10.7. The van der Waals surface area contributed by atoms with Crippen molar-refractivity contribution in [2.24, 2.45) is 52.6 Å². The van der Waals surface area contributed by atoms with Crippen LogP contribution in [-0.2, 0) is 14.4 Å². The molecule has 5 fully saturated rings. The van der Waals surface area contributed by atoms with E-state index in [1.165, 1.54) is 12.8 Å². The molecule has 4 bridgehead atoms. The second-order valence-corrected chi connectivity index (χ2v) is 7.83. The number of carbonyl (C=O) groups excluding carboxylic acids is 1. The van der Waals surface area contributed by atoms with Crippen LogP contribution >= 0.6 is 0 Å². The lowest BCUT2D eigenvalue weighted by Gasteiger charge is -2.34. The monoisotopic (exact) mass is 306 g/mol. The molecule has 1 aliphatic heterocycles. The Bertz CT molecular complexity index is 529. The van der Waals surface area contributed by atoms with Gasteiger partial charge in [0.05, 0.1) is 18.6 Å². The molecule has 9 atom stereocenters. The highest BCUT2D eigenvalue weighted by atomic mass is 16.9. The quantitative estimate of drug-likeness (QED) is 0.373. The molecule has 0 aromatic heterocycles. The van der Waals surface area contributed by atoms with Crippen LogP contribution in [0.1, 0.15) is 25.7 Å². The number of esters is 1. The number of carbonyl (C=O) groups is 1. The highest BCUT2D eigenvalue weighted by molar-refractivity contribution is 5.76. The Labute approximate surface area is 128 Å². The second kappa shape index (κ2) is 4.41. The van der Waals surface area contributed by atoms with Crippen LogP contribution < -0.4 is 0 Å². The van der Waals surface area contributed by atoms with Gasteiger partial charge in [-0.15, -0.1) is 0 Å². The van der Waals surface area contributed by atoms with E-state index in [1.54, 1.807) is 0 Å². The molecule has 0 aromatic carbocycles. The molecule has 7 heteroatoms. The van der Waals surface area contributed by atoms with Crippen molar-refractivity contribution < 1.29 is 14.4 Å². The Morgan fingerprint density at radius 3 is 2.59 bits per heavy atom. The Morgan fingerprint density at radius 1 is 1.14 bits per heavy atom. The van der Waals surface area contributed by atoms with Crippen LogP contribution in [0.15, 0.2) is 5.22 Å². The minimum Gasteiger partial charge on any atom is -0.715 e. The summed E-state index contributed by atoms with van der Waals surface area (Å²) in [6, 6.07) is 0. The van der Waals surface area contributed by atoms with Gasteiger partial charge in [0.25, 0.3) is 0 Å². The van der Waals surface area contributed by atoms with Crippen molar-refractivity contribution in [1.29, 1.82) is 5.53 Å². The molecule has 0 aromatic rings. The number of fused-ring (bicyclic) bond motifs is 12. The summed E-state index contributed by atoms with van der Waals surface area (Å²) in [5, 5.41) is 14.0. The highest BCUT2D eigenvalue weighted by Crippen LogP contribution is 2.70. The normalized spacial score (nSPS) is 54.0. The van der Waals surface area contributed by atoms with Gasteiger partial charge in [-0.1, -0.05) is 5.22 Å². The predicted octanol–water partition coefficient (Wildman–Crippen LogP) is 2.13. The molecule has 1 N–H and O–H groups in total. The molecule has 5 aliphatic rings. The van der Waals surface area contributed by atoms with Crippen LogP contribution in [0.5, 0.6) is 0 Å². The van der Waals surface area contributed by atoms with E-state index >= 15 is 0 Å². The summed E-state index contributed by atoms with van der Waals surface area (Å²) in [5.74, 6) is 4.19. The third-order valence-corrected chi connectivity index (χ3v) is 7.29. The maximum Gasteiger partial charge on any atom is 0.309 e. The first-order valence-electron chi connectivity index (χ1n) is 8.35. The van der Waals surface area contributed by atoms with Gasteiger partial charge in [-0.3, -0.25) is 9.63 Å². The van der Waals surface area contributed by atoms with Gasteiger partial charge in [-0.05, 0) is 61.2 Å². The summed E-state index contributed by atoms with van der Waals surface area (Å²) in [7, 11) is 0. The Balaban J connectivity index is 1.39. The van der Waals surface area contributed by atoms with E-state index in [1.807, 2.05) is 0 Å². The molecule has 22 heavy (non-hydrogen) atoms. The molecule has 7 nitrogen and oxygen atoms in total. The SMILES string of the molecule is N=NN([O-])OC1CC2CC(C1)C1C3CC(C4COC(=O)C43)C21. The smallest absolute Gasteiger partial charge is 0.309 e. The van der Waals surface area contributed by atoms with Crippen LogP contribution in [0.4, 0.5) is 0 Å².